The van der Waals surface area contributed by atoms with Crippen molar-refractivity contribution in [2.45, 2.75) is 6.04 Å². The number of halogens is 1. The van der Waals surface area contributed by atoms with Gasteiger partial charge in [0.15, 0.2) is 17.1 Å². The van der Waals surface area contributed by atoms with Crippen LogP contribution in [-0.2, 0) is 0 Å². The summed E-state index contributed by atoms with van der Waals surface area (Å²) in [6.07, 6.45) is 3.74. The van der Waals surface area contributed by atoms with Crippen LogP contribution in [0.1, 0.15) is 17.2 Å². The number of anilines is 1. The minimum Gasteiger partial charge on any atom is -0.504 e. The highest BCUT2D eigenvalue weighted by Crippen LogP contribution is 2.46. The highest BCUT2D eigenvalue weighted by Gasteiger charge is 2.28. The zero-order valence-electron chi connectivity index (χ0n) is 14.3. The van der Waals surface area contributed by atoms with E-state index in [0.717, 1.165) is 43.4 Å². The van der Waals surface area contributed by atoms with Gasteiger partial charge in [-0.1, -0.05) is 34.1 Å². The Bertz CT molecular complexity index is 1190. The number of phenols is 1. The molecular weight excluding hydrogens is 408 g/mol. The highest BCUT2D eigenvalue weighted by atomic mass is 79.9. The Morgan fingerprint density at radius 2 is 2.00 bits per heavy atom. The molecule has 2 aromatic carbocycles. The number of fused-ring (bicyclic) bond motifs is 2. The molecule has 1 aliphatic heterocycles. The molecule has 27 heavy (non-hydrogen) atoms. The minimum absolute atomic E-state index is 0.0925. The van der Waals surface area contributed by atoms with Crippen molar-refractivity contribution in [3.8, 4) is 22.6 Å². The van der Waals surface area contributed by atoms with Crippen LogP contribution in [0.15, 0.2) is 53.3 Å². The molecule has 3 heterocycles. The monoisotopic (exact) mass is 422 g/mol. The zero-order valence-corrected chi connectivity index (χ0v) is 15.9. The average molecular weight is 423 g/mol. The average Bonchev–Trinajstić information content (AvgIpc) is 3.06. The Balaban J connectivity index is 1.81. The van der Waals surface area contributed by atoms with Crippen LogP contribution in [0, 0.1) is 0 Å². The molecule has 1 atom stereocenters. The van der Waals surface area contributed by atoms with E-state index in [1.54, 1.807) is 18.3 Å². The van der Waals surface area contributed by atoms with Crippen LogP contribution >= 0.6 is 15.9 Å². The quantitative estimate of drug-likeness (QED) is 0.439. The Morgan fingerprint density at radius 1 is 1.15 bits per heavy atom. The van der Waals surface area contributed by atoms with E-state index in [0.29, 0.717) is 5.75 Å². The van der Waals surface area contributed by atoms with Gasteiger partial charge in [-0.05, 0) is 23.8 Å². The van der Waals surface area contributed by atoms with Gasteiger partial charge < -0.3 is 20.1 Å². The molecule has 4 aromatic rings. The summed E-state index contributed by atoms with van der Waals surface area (Å²) in [5.41, 5.74) is 5.76. The Labute approximate surface area is 163 Å². The molecule has 0 bridgehead atoms. The van der Waals surface area contributed by atoms with Crippen LogP contribution in [0.2, 0.25) is 0 Å². The molecule has 0 amide bonds. The number of nitrogens with one attached hydrogen (secondary N) is 2. The van der Waals surface area contributed by atoms with Gasteiger partial charge >= 0.3 is 0 Å². The second-order valence-corrected chi connectivity index (χ2v) is 7.25. The molecule has 0 fully saturated rings. The normalized spacial score (nSPS) is 15.1. The lowest BCUT2D eigenvalue weighted by atomic mass is 9.97. The van der Waals surface area contributed by atoms with E-state index in [2.05, 4.69) is 42.5 Å². The SMILES string of the molecule is COc1cc(Br)c(C2Nc3ccccc3-c3cnnc4[nH]cc2c34)cc1O. The van der Waals surface area contributed by atoms with Gasteiger partial charge in [0, 0.05) is 38.4 Å². The lowest BCUT2D eigenvalue weighted by Crippen LogP contribution is -2.12. The molecule has 5 rings (SSSR count). The Hall–Kier alpha value is -3.06. The Morgan fingerprint density at radius 3 is 2.85 bits per heavy atom. The van der Waals surface area contributed by atoms with Crippen LogP contribution < -0.4 is 10.1 Å². The molecule has 0 saturated carbocycles. The number of methoxy groups -OCH3 is 1. The van der Waals surface area contributed by atoms with E-state index in [1.807, 2.05) is 24.4 Å². The number of hydrogen-bond acceptors (Lipinski definition) is 5. The topological polar surface area (TPSA) is 83.1 Å². The van der Waals surface area contributed by atoms with E-state index in [9.17, 15) is 5.11 Å². The molecule has 134 valence electrons. The van der Waals surface area contributed by atoms with E-state index < -0.39 is 0 Å². The molecular formula is C20H15BrN4O2. The van der Waals surface area contributed by atoms with Gasteiger partial charge in [0.2, 0.25) is 0 Å². The maximum absolute atomic E-state index is 10.3. The predicted octanol–water partition coefficient (Wildman–Crippen LogP) is 4.62. The van der Waals surface area contributed by atoms with Crippen molar-refractivity contribution in [1.29, 1.82) is 0 Å². The van der Waals surface area contributed by atoms with Crippen molar-refractivity contribution in [3.63, 3.8) is 0 Å². The summed E-state index contributed by atoms with van der Waals surface area (Å²) in [6.45, 7) is 0. The number of aromatic hydroxyl groups is 1. The summed E-state index contributed by atoms with van der Waals surface area (Å²) >= 11 is 3.63. The fraction of sp³-hybridized carbons (Fsp3) is 0.100. The van der Waals surface area contributed by atoms with Gasteiger partial charge in [-0.3, -0.25) is 0 Å². The first-order valence-corrected chi connectivity index (χ1v) is 9.21. The maximum atomic E-state index is 10.3. The van der Waals surface area contributed by atoms with Crippen molar-refractivity contribution < 1.29 is 9.84 Å². The molecule has 2 aromatic heterocycles. The molecule has 6 nitrogen and oxygen atoms in total. The molecule has 7 heteroatoms. The minimum atomic E-state index is -0.198. The number of para-hydroxylation sites is 1. The van der Waals surface area contributed by atoms with Gasteiger partial charge in [0.05, 0.1) is 19.3 Å². The first-order valence-electron chi connectivity index (χ1n) is 8.42. The molecule has 0 saturated heterocycles. The first kappa shape index (κ1) is 16.1. The molecule has 0 spiro atoms. The summed E-state index contributed by atoms with van der Waals surface area (Å²) in [7, 11) is 1.53. The van der Waals surface area contributed by atoms with Gasteiger partial charge in [-0.25, -0.2) is 0 Å². The third-order valence-corrected chi connectivity index (χ3v) is 5.63. The predicted molar refractivity (Wildman–Crippen MR) is 107 cm³/mol. The fourth-order valence-corrected chi connectivity index (χ4v) is 4.25. The lowest BCUT2D eigenvalue weighted by molar-refractivity contribution is 0.372. The number of hydrogen-bond donors (Lipinski definition) is 3. The lowest BCUT2D eigenvalue weighted by Gasteiger charge is -2.21. The number of H-pyrrole nitrogens is 1. The number of nitrogens with zero attached hydrogens (tertiary/aromatic N) is 2. The van der Waals surface area contributed by atoms with Crippen LogP contribution in [0.4, 0.5) is 5.69 Å². The fourth-order valence-electron chi connectivity index (χ4n) is 3.70. The van der Waals surface area contributed by atoms with E-state index in [4.69, 9.17) is 4.74 Å². The standard InChI is InChI=1S/C20H15BrN4O2/c1-27-17-7-14(21)11(6-16(17)26)19-13-8-22-20-18(13)12(9-23-25-20)10-4-2-3-5-15(10)24-19/h2-9,19,24,26H,1H3,(H,22,25). The number of rotatable bonds is 2. The van der Waals surface area contributed by atoms with Crippen molar-refractivity contribution in [2.75, 3.05) is 12.4 Å². The number of ether oxygens (including phenoxy) is 1. The van der Waals surface area contributed by atoms with Crippen molar-refractivity contribution >= 4 is 32.7 Å². The number of phenolic OH excluding ortho intramolecular Hbond substituents is 1. The number of benzene rings is 2. The first-order chi connectivity index (χ1) is 13.2. The van der Waals surface area contributed by atoms with Crippen LogP contribution in [0.25, 0.3) is 22.2 Å². The summed E-state index contributed by atoms with van der Waals surface area (Å²) in [5, 5.41) is 23.4. The van der Waals surface area contributed by atoms with E-state index in [-0.39, 0.29) is 11.8 Å². The van der Waals surface area contributed by atoms with E-state index >= 15 is 0 Å². The summed E-state index contributed by atoms with van der Waals surface area (Å²) in [4.78, 5) is 3.22. The summed E-state index contributed by atoms with van der Waals surface area (Å²) in [5.74, 6) is 0.514. The summed E-state index contributed by atoms with van der Waals surface area (Å²) in [6, 6.07) is 11.4. The Kier molecular flexibility index (Phi) is 3.58. The number of aromatic amines is 1. The van der Waals surface area contributed by atoms with Crippen LogP contribution in [0.5, 0.6) is 11.5 Å². The largest absolute Gasteiger partial charge is 0.504 e. The second-order valence-electron chi connectivity index (χ2n) is 6.39. The van der Waals surface area contributed by atoms with Gasteiger partial charge in [-0.15, -0.1) is 5.10 Å². The zero-order chi connectivity index (χ0) is 18.5. The van der Waals surface area contributed by atoms with Crippen molar-refractivity contribution in [3.05, 3.63) is 64.4 Å². The van der Waals surface area contributed by atoms with Crippen molar-refractivity contribution in [2.24, 2.45) is 0 Å². The highest BCUT2D eigenvalue weighted by molar-refractivity contribution is 9.10. The third-order valence-electron chi connectivity index (χ3n) is 4.94. The molecule has 3 N–H and O–H groups in total. The van der Waals surface area contributed by atoms with Gasteiger partial charge in [0.25, 0.3) is 0 Å². The molecule has 0 aliphatic carbocycles. The van der Waals surface area contributed by atoms with Crippen molar-refractivity contribution in [1.82, 2.24) is 15.2 Å². The van der Waals surface area contributed by atoms with Gasteiger partial charge in [-0.2, -0.15) is 5.10 Å². The smallest absolute Gasteiger partial charge is 0.161 e. The van der Waals surface area contributed by atoms with Crippen LogP contribution in [-0.4, -0.2) is 27.4 Å². The number of aromatic nitrogens is 3. The van der Waals surface area contributed by atoms with E-state index in [1.165, 1.54) is 7.11 Å². The third kappa shape index (κ3) is 2.39. The maximum Gasteiger partial charge on any atom is 0.161 e. The summed E-state index contributed by atoms with van der Waals surface area (Å²) < 4.78 is 6.06. The second kappa shape index (κ2) is 5.99. The molecule has 0 radical (unpaired) electrons. The van der Waals surface area contributed by atoms with Crippen LogP contribution in [0.3, 0.4) is 0 Å². The van der Waals surface area contributed by atoms with Gasteiger partial charge in [0.1, 0.15) is 0 Å². The molecule has 1 aliphatic rings. The molecule has 1 unspecified atom stereocenters.